The number of esters is 9. The molecule has 0 aliphatic heterocycles. The van der Waals surface area contributed by atoms with Gasteiger partial charge in [0.05, 0.1) is 5.56 Å². The van der Waals surface area contributed by atoms with Crippen molar-refractivity contribution >= 4 is 53.7 Å². The van der Waals surface area contributed by atoms with Crippen molar-refractivity contribution in [1.82, 2.24) is 0 Å². The molecule has 0 aliphatic carbocycles. The first-order chi connectivity index (χ1) is 25.9. The van der Waals surface area contributed by atoms with Crippen molar-refractivity contribution < 1.29 is 90.9 Å². The standard InChI is InChI=1S/C36H48O19/c1-10-23(38)47-34(48-24(39)11-2,49-25(40)12-3)21-19-20-22(37)33(36(53-29(44)16-7,54-30(45)17-8)55-31(46)18-9)32(21)35(50-26(41)13-4,51-27(42)14-5)52-28(43)15-6/h19-20,37H,10-18H2,1-9H3. The molecular formula is C36H48O19. The van der Waals surface area contributed by atoms with E-state index in [0.29, 0.717) is 6.07 Å². The molecule has 1 aromatic carbocycles. The Morgan fingerprint density at radius 1 is 0.364 bits per heavy atom. The molecule has 19 nitrogen and oxygen atoms in total. The Kier molecular flexibility index (Phi) is 18.2. The minimum atomic E-state index is -3.70. The highest BCUT2D eigenvalue weighted by molar-refractivity contribution is 5.78. The number of carbonyl (C=O) groups is 9. The van der Waals surface area contributed by atoms with E-state index in [-0.39, 0.29) is 0 Å². The molecule has 0 aromatic heterocycles. The Hall–Kier alpha value is -5.75. The first kappa shape index (κ1) is 47.3. The summed E-state index contributed by atoms with van der Waals surface area (Å²) in [6.07, 6.45) is -4.64. The zero-order valence-electron chi connectivity index (χ0n) is 32.3. The summed E-state index contributed by atoms with van der Waals surface area (Å²) in [7, 11) is 0. The lowest BCUT2D eigenvalue weighted by Gasteiger charge is -2.40. The third-order valence-corrected chi connectivity index (χ3v) is 6.96. The molecule has 1 rings (SSSR count). The lowest BCUT2D eigenvalue weighted by molar-refractivity contribution is -0.364. The molecule has 0 fully saturated rings. The third-order valence-electron chi connectivity index (χ3n) is 6.96. The molecule has 1 aromatic rings. The van der Waals surface area contributed by atoms with Crippen molar-refractivity contribution in [3.05, 3.63) is 28.8 Å². The Balaban J connectivity index is 5.29. The normalized spacial score (nSPS) is 11.3. The SMILES string of the molecule is CCC(=O)OC(OC(=O)CC)(OC(=O)CC)c1ccc(O)c(C(OC(=O)CC)(OC(=O)CC)OC(=O)CC)c1C(OC(=O)CC)(OC(=O)CC)OC(=O)CC. The van der Waals surface area contributed by atoms with Gasteiger partial charge in [-0.2, -0.15) is 0 Å². The van der Waals surface area contributed by atoms with Crippen LogP contribution in [0.3, 0.4) is 0 Å². The van der Waals surface area contributed by atoms with Crippen molar-refractivity contribution in [2.75, 3.05) is 0 Å². The van der Waals surface area contributed by atoms with Crippen LogP contribution < -0.4 is 0 Å². The second kappa shape index (κ2) is 21.2. The molecule has 0 saturated heterocycles. The molecular weight excluding hydrogens is 736 g/mol. The van der Waals surface area contributed by atoms with Crippen LogP contribution in [0.15, 0.2) is 12.1 Å². The highest BCUT2D eigenvalue weighted by Gasteiger charge is 2.62. The zero-order chi connectivity index (χ0) is 42.1. The van der Waals surface area contributed by atoms with E-state index in [2.05, 4.69) is 0 Å². The number of aromatic hydroxyl groups is 1. The first-order valence-corrected chi connectivity index (χ1v) is 17.7. The van der Waals surface area contributed by atoms with Crippen LogP contribution >= 0.6 is 0 Å². The average molecular weight is 785 g/mol. The Morgan fingerprint density at radius 2 is 0.564 bits per heavy atom. The van der Waals surface area contributed by atoms with Crippen LogP contribution in [0.1, 0.15) is 137 Å². The molecule has 0 aliphatic rings. The number of phenolic OH excluding ortho intramolecular Hbond substituents is 1. The van der Waals surface area contributed by atoms with Crippen molar-refractivity contribution in [3.63, 3.8) is 0 Å². The molecule has 0 amide bonds. The van der Waals surface area contributed by atoms with Crippen molar-refractivity contribution in [2.24, 2.45) is 0 Å². The summed E-state index contributed by atoms with van der Waals surface area (Å²) in [5, 5.41) is 11.8. The summed E-state index contributed by atoms with van der Waals surface area (Å²) >= 11 is 0. The molecule has 0 spiro atoms. The maximum atomic E-state index is 13.3. The molecule has 1 N–H and O–H groups in total. The molecule has 55 heavy (non-hydrogen) atoms. The molecule has 0 heterocycles. The summed E-state index contributed by atoms with van der Waals surface area (Å²) < 4.78 is 49.6. The van der Waals surface area contributed by atoms with E-state index in [4.69, 9.17) is 42.6 Å². The maximum absolute atomic E-state index is 13.3. The summed E-state index contributed by atoms with van der Waals surface area (Å²) in [6.45, 7) is 11.5. The maximum Gasteiger partial charge on any atom is 0.458 e. The Morgan fingerprint density at radius 3 is 0.782 bits per heavy atom. The van der Waals surface area contributed by atoms with E-state index < -0.39 is 152 Å². The fourth-order valence-electron chi connectivity index (χ4n) is 4.13. The van der Waals surface area contributed by atoms with Gasteiger partial charge in [0.2, 0.25) is 0 Å². The van der Waals surface area contributed by atoms with E-state index >= 15 is 0 Å². The number of hydrogen-bond donors (Lipinski definition) is 1. The second-order valence-electron chi connectivity index (χ2n) is 11.0. The van der Waals surface area contributed by atoms with Gasteiger partial charge in [-0.25, -0.2) is 0 Å². The van der Waals surface area contributed by atoms with E-state index in [1.807, 2.05) is 0 Å². The van der Waals surface area contributed by atoms with E-state index in [1.54, 1.807) is 0 Å². The van der Waals surface area contributed by atoms with Gasteiger partial charge in [-0.15, -0.1) is 0 Å². The third kappa shape index (κ3) is 12.1. The predicted molar refractivity (Wildman–Crippen MR) is 181 cm³/mol. The van der Waals surface area contributed by atoms with Gasteiger partial charge in [0.25, 0.3) is 0 Å². The lowest BCUT2D eigenvalue weighted by Crippen LogP contribution is -2.51. The molecule has 0 unspecified atom stereocenters. The van der Waals surface area contributed by atoms with Gasteiger partial charge in [-0.1, -0.05) is 62.3 Å². The van der Waals surface area contributed by atoms with Crippen molar-refractivity contribution in [2.45, 2.75) is 138 Å². The smallest absolute Gasteiger partial charge is 0.458 e. The average Bonchev–Trinajstić information content (AvgIpc) is 3.16. The fraction of sp³-hybridized carbons (Fsp3) is 0.583. The van der Waals surface area contributed by atoms with Gasteiger partial charge in [-0.05, 0) is 12.1 Å². The molecule has 0 radical (unpaired) electrons. The summed E-state index contributed by atoms with van der Waals surface area (Å²) in [5.41, 5.74) is -3.67. The predicted octanol–water partition coefficient (Wildman–Crippen LogP) is 4.30. The number of rotatable bonds is 21. The highest BCUT2D eigenvalue weighted by Crippen LogP contribution is 2.50. The van der Waals surface area contributed by atoms with Crippen LogP contribution in [0, 0.1) is 0 Å². The second-order valence-corrected chi connectivity index (χ2v) is 11.0. The minimum absolute atomic E-state index is 0.485. The first-order valence-electron chi connectivity index (χ1n) is 17.7. The van der Waals surface area contributed by atoms with Crippen molar-refractivity contribution in [1.29, 1.82) is 0 Å². The van der Waals surface area contributed by atoms with Crippen molar-refractivity contribution in [3.8, 4) is 5.75 Å². The van der Waals surface area contributed by atoms with E-state index in [1.165, 1.54) is 62.3 Å². The van der Waals surface area contributed by atoms with Crippen LogP contribution in [-0.4, -0.2) is 58.8 Å². The number of ether oxygens (including phenoxy) is 9. The monoisotopic (exact) mass is 784 g/mol. The van der Waals surface area contributed by atoms with Crippen LogP contribution in [-0.2, 0) is 104 Å². The molecule has 0 saturated carbocycles. The Bertz CT molecular complexity index is 1470. The van der Waals surface area contributed by atoms with Crippen LogP contribution in [0.4, 0.5) is 0 Å². The largest absolute Gasteiger partial charge is 0.507 e. The molecule has 19 heteroatoms. The number of phenols is 1. The molecule has 0 atom stereocenters. The topological polar surface area (TPSA) is 257 Å². The molecule has 306 valence electrons. The van der Waals surface area contributed by atoms with Gasteiger partial charge >= 0.3 is 71.6 Å². The zero-order valence-corrected chi connectivity index (χ0v) is 32.3. The van der Waals surface area contributed by atoms with E-state index in [0.717, 1.165) is 6.07 Å². The number of carbonyl (C=O) groups excluding carboxylic acids is 9. The lowest BCUT2D eigenvalue weighted by atomic mass is 9.93. The van der Waals surface area contributed by atoms with Gasteiger partial charge in [0.1, 0.15) is 16.9 Å². The van der Waals surface area contributed by atoms with Crippen LogP contribution in [0.25, 0.3) is 0 Å². The number of hydrogen-bond acceptors (Lipinski definition) is 19. The fourth-order valence-corrected chi connectivity index (χ4v) is 4.13. The van der Waals surface area contributed by atoms with Crippen LogP contribution in [0.2, 0.25) is 0 Å². The van der Waals surface area contributed by atoms with Gasteiger partial charge < -0.3 is 47.7 Å². The Labute approximate surface area is 317 Å². The highest BCUT2D eigenvalue weighted by atomic mass is 16.9. The van der Waals surface area contributed by atoms with E-state index in [9.17, 15) is 48.3 Å². The quantitative estimate of drug-likeness (QED) is 0.103. The van der Waals surface area contributed by atoms with Gasteiger partial charge in [-0.3, -0.25) is 43.2 Å². The summed E-state index contributed by atoms with van der Waals surface area (Å²) in [5.74, 6) is -23.5. The summed E-state index contributed by atoms with van der Waals surface area (Å²) in [4.78, 5) is 119. The van der Waals surface area contributed by atoms with Crippen LogP contribution in [0.5, 0.6) is 5.75 Å². The number of benzene rings is 1. The minimum Gasteiger partial charge on any atom is -0.507 e. The van der Waals surface area contributed by atoms with Gasteiger partial charge in [0.15, 0.2) is 0 Å². The molecule has 0 bridgehead atoms. The summed E-state index contributed by atoms with van der Waals surface area (Å²) in [6, 6.07) is 1.42. The van der Waals surface area contributed by atoms with Gasteiger partial charge in [0, 0.05) is 57.8 Å².